The second-order valence-corrected chi connectivity index (χ2v) is 27.9. The predicted octanol–water partition coefficient (Wildman–Crippen LogP) is 16.3. The Labute approximate surface area is 828 Å². The lowest BCUT2D eigenvalue weighted by Crippen LogP contribution is -2.48. The quantitative estimate of drug-likeness (QED) is 0.0586. The SMILES string of the molecule is [2H]c1c(OC)c(OC([2H])([2H])[2H])c([2H])c2c1C([2H])([2H])C([2H])([2H])N1CC([2H])(C([2H])([2H])C(C)(C([2H])([2H])[2H])C([2H])([2H])[2H])C([2H])(O)C([2H])([2H])C21[2H].[2H]c1c(OC)c(OC([2H])([2H])[2H])c([2H])c2c1C([2H])([2H])C([2H])([2H])N1CC([2H])(CC(C)C)C([2H])(O)C([2H])([2H])C21[2H].[2H]c1c(OC)c(OC)c([2H])c2c1C([2H])([2H])C([2H])([2H])N1CC([2H])(C([2H])([2H])C(C)(C([2H])([2H])[2H])C([2H])([2H])[2H])C([2H])(O)C([2H])([2H])C21[2H].[2H]c1c(OC)c(OC)c([2H])c2c1C([2H])([2H])C([2H])([2H])N1CC([2H])(C([2H])([2H])C(C)(C([2H])([2H])[2H])C([2H])([2H])[2H])C([2H])(O)C([2H])([2H])C21[2H].[2H]c1c(OC)c(OC)c([2H])c2c1C([2H])([2H])C([2H])([2H])N1CC([2H])(CC(C)C)C([2H])(O)C([2H])([2H])C21[2H]. The fourth-order valence-electron chi connectivity index (χ4n) is 12.5. The Morgan fingerprint density at radius 3 is 0.712 bits per heavy atom. The third kappa shape index (κ3) is 22.2. The lowest BCUT2D eigenvalue weighted by molar-refractivity contribution is -0.0259. The van der Waals surface area contributed by atoms with E-state index in [1.165, 1.54) is 0 Å². The Balaban J connectivity index is 0.000000234. The predicted molar refractivity (Wildman–Crippen MR) is 470 cm³/mol. The average Bonchev–Trinajstić information content (AvgIpc) is 0.642. The second-order valence-electron chi connectivity index (χ2n) is 27.9. The zero-order valence-corrected chi connectivity index (χ0v) is 66.7. The zero-order valence-electron chi connectivity index (χ0n) is 152. The van der Waals surface area contributed by atoms with Crippen LogP contribution in [0.2, 0.25) is 0 Å². The highest BCUT2D eigenvalue weighted by atomic mass is 16.5. The number of ether oxygens (including phenoxy) is 10. The number of hydrogen-bond donors (Lipinski definition) is 5. The van der Waals surface area contributed by atoms with Crippen LogP contribution in [0, 0.1) is 57.6 Å². The van der Waals surface area contributed by atoms with Crippen molar-refractivity contribution in [3.63, 3.8) is 0 Å². The van der Waals surface area contributed by atoms with E-state index < -0.39 is 489 Å². The first-order chi connectivity index (χ1) is 89.1. The molecule has 5 fully saturated rings. The molecule has 0 saturated carbocycles. The number of aliphatic hydroxyl groups is 5. The van der Waals surface area contributed by atoms with Crippen molar-refractivity contribution >= 4 is 0 Å². The van der Waals surface area contributed by atoms with Gasteiger partial charge in [-0.15, -0.1) is 0 Å². The van der Waals surface area contributed by atoms with Gasteiger partial charge < -0.3 is 72.9 Å². The van der Waals surface area contributed by atoms with E-state index in [9.17, 15) is 32.4 Å². The van der Waals surface area contributed by atoms with Gasteiger partial charge >= 0.3 is 0 Å². The van der Waals surface area contributed by atoms with Gasteiger partial charge in [-0.2, -0.15) is 0 Å². The second kappa shape index (κ2) is 39.9. The molecule has 0 aromatic heterocycles. The van der Waals surface area contributed by atoms with Crippen molar-refractivity contribution in [2.75, 3.05) is 136 Å². The third-order valence-electron chi connectivity index (χ3n) is 17.5. The fraction of sp³-hybridized carbons (Fsp3) is 0.694. The summed E-state index contributed by atoms with van der Waals surface area (Å²) in [5.74, 6) is -24.5. The van der Waals surface area contributed by atoms with Gasteiger partial charge in [-0.25, -0.2) is 0 Å². The van der Waals surface area contributed by atoms with Crippen LogP contribution in [-0.2, 0) is 31.9 Å². The Morgan fingerprint density at radius 1 is 0.339 bits per heavy atom. The first-order valence-electron chi connectivity index (χ1n) is 78.3. The van der Waals surface area contributed by atoms with E-state index in [1.807, 2.05) is 0 Å². The topological polar surface area (TPSA) is 210 Å². The van der Waals surface area contributed by atoms with Crippen LogP contribution in [0.25, 0.3) is 0 Å². The summed E-state index contributed by atoms with van der Waals surface area (Å²) >= 11 is 0. The van der Waals surface area contributed by atoms with Gasteiger partial charge in [0.2, 0.25) is 0 Å². The molecule has 0 aliphatic carbocycles. The van der Waals surface area contributed by atoms with Gasteiger partial charge in [-0.1, -0.05) is 89.6 Å². The summed E-state index contributed by atoms with van der Waals surface area (Å²) in [5.41, 5.74) is -21.5. The number of nitrogens with zero attached hydrogens (tertiary/aromatic N) is 5. The summed E-state index contributed by atoms with van der Waals surface area (Å²) in [6.07, 6.45) is -69.1. The average molecular weight is 1720 g/mol. The maximum Gasteiger partial charge on any atom is 0.161 e. The minimum Gasteiger partial charge on any atom is -0.493 e. The van der Waals surface area contributed by atoms with E-state index in [0.717, 1.165) is 56.9 Å². The van der Waals surface area contributed by atoms with Crippen molar-refractivity contribution in [3.8, 4) is 57.5 Å². The molecule has 5 aromatic carbocycles. The van der Waals surface area contributed by atoms with Crippen molar-refractivity contribution < 1.29 is 189 Å². The molecule has 5 saturated heterocycles. The molecular weight excluding hydrogens is 1490 g/mol. The monoisotopic (exact) mass is 1720 g/mol. The van der Waals surface area contributed by atoms with Gasteiger partial charge in [-0.05, 0) is 269 Å². The first kappa shape index (κ1) is 32.0. The summed E-state index contributed by atoms with van der Waals surface area (Å²) in [5, 5.41) is 57.0. The van der Waals surface area contributed by atoms with Gasteiger partial charge in [0.15, 0.2) is 57.5 Å². The highest BCUT2D eigenvalue weighted by Crippen LogP contribution is 2.51. The maximum absolute atomic E-state index is 11.6. The van der Waals surface area contributed by atoms with Crippen molar-refractivity contribution in [2.24, 2.45) is 57.6 Å². The largest absolute Gasteiger partial charge is 0.493 e. The normalized spacial score (nSPS) is 54.9. The van der Waals surface area contributed by atoms with Gasteiger partial charge in [-0.3, -0.25) is 24.5 Å². The number of rotatable bonds is 17. The van der Waals surface area contributed by atoms with E-state index >= 15 is 0 Å². The number of hydrogen-bond acceptors (Lipinski definition) is 20. The molecule has 5 aromatic rings. The van der Waals surface area contributed by atoms with Crippen LogP contribution in [0.4, 0.5) is 0 Å². The molecule has 0 radical (unpaired) electrons. The number of piperidine rings is 5. The Kier molecular flexibility index (Phi) is 10.8. The number of fused-ring (bicyclic) bond motifs is 15. The lowest BCUT2D eigenvalue weighted by Gasteiger charge is -2.47. The summed E-state index contributed by atoms with van der Waals surface area (Å²) in [7, 11) is 1.53. The van der Waals surface area contributed by atoms with Crippen LogP contribution in [0.15, 0.2) is 60.4 Å². The minimum atomic E-state index is -4.42. The Bertz CT molecular complexity index is 8120. The van der Waals surface area contributed by atoms with Crippen LogP contribution < -0.4 is 47.4 Å². The van der Waals surface area contributed by atoms with E-state index in [0.29, 0.717) is 30.6 Å². The molecular formula is C98H151N5O15. The summed E-state index contributed by atoms with van der Waals surface area (Å²) < 4.78 is 772. The van der Waals surface area contributed by atoms with E-state index in [-0.39, 0.29) is 33.5 Å². The summed E-state index contributed by atoms with van der Waals surface area (Å²) in [6, 6.07) is -27.4. The Morgan fingerprint density at radius 2 is 0.525 bits per heavy atom. The molecule has 20 heteroatoms. The molecule has 118 heavy (non-hydrogen) atoms. The van der Waals surface area contributed by atoms with Crippen LogP contribution in [0.1, 0.15) is 356 Å². The molecule has 10 aliphatic heterocycles. The van der Waals surface area contributed by atoms with E-state index in [1.54, 1.807) is 27.7 Å². The maximum atomic E-state index is 11.6. The smallest absolute Gasteiger partial charge is 0.161 e. The first-order valence-corrected chi connectivity index (χ1v) is 35.8. The van der Waals surface area contributed by atoms with Crippen molar-refractivity contribution in [1.29, 1.82) is 0 Å². The van der Waals surface area contributed by atoms with Crippen LogP contribution >= 0.6 is 0 Å². The Hall–Kier alpha value is -6.30. The van der Waals surface area contributed by atoms with E-state index in [4.69, 9.17) is 157 Å². The number of benzene rings is 5. The molecule has 0 bridgehead atoms. The van der Waals surface area contributed by atoms with Gasteiger partial charge in [0.1, 0.15) is 0 Å². The molecule has 15 rings (SSSR count). The van der Waals surface area contributed by atoms with Crippen molar-refractivity contribution in [2.45, 2.75) is 246 Å². The molecule has 20 nitrogen and oxygen atoms in total. The summed E-state index contributed by atoms with van der Waals surface area (Å²) in [6.45, 7) is -40.3. The molecule has 0 amide bonds. The number of methoxy groups -OCH3 is 10. The van der Waals surface area contributed by atoms with Crippen molar-refractivity contribution in [3.05, 3.63) is 116 Å². The van der Waals surface area contributed by atoms with Crippen LogP contribution in [0.5, 0.6) is 57.5 Å². The molecule has 0 spiro atoms. The van der Waals surface area contributed by atoms with Gasteiger partial charge in [0.05, 0.1) is 137 Å². The summed E-state index contributed by atoms with van der Waals surface area (Å²) in [4.78, 5) is 0.491. The lowest BCUT2D eigenvalue weighted by atomic mass is 9.75. The molecule has 15 unspecified atom stereocenters. The highest BCUT2D eigenvalue weighted by molar-refractivity contribution is 5.54. The molecule has 10 aliphatic rings. The molecule has 15 atom stereocenters. The van der Waals surface area contributed by atoms with Gasteiger partial charge in [0.25, 0.3) is 0 Å². The van der Waals surface area contributed by atoms with Crippen LogP contribution in [0.3, 0.4) is 0 Å². The van der Waals surface area contributed by atoms with Crippen molar-refractivity contribution in [1.82, 2.24) is 24.5 Å². The van der Waals surface area contributed by atoms with Gasteiger partial charge in [0, 0.05) is 176 Å². The fourth-order valence-corrected chi connectivity index (χ4v) is 12.5. The molecule has 658 valence electrons. The van der Waals surface area contributed by atoms with Crippen LogP contribution in [-0.4, -0.2) is 217 Å². The zero-order chi connectivity index (χ0) is 160. The minimum absolute atomic E-state index is 0.0704. The highest BCUT2D eigenvalue weighted by Gasteiger charge is 2.46. The molecule has 10 heterocycles. The standard InChI is InChI=1S/3C20H31NO3.2C19H29NO3/c3*1-20(2,3)11-14-12-21-7-6-13-8-18(23-4)19(24-5)9-15(13)16(21)10-17(14)22;2*1-12(2)7-14-11-20-6-5-13-8-18(22-3)19(23-4)9-15(13)16(20)10-17(14)21/h3*8-9,14,16-17,22H,6-7,10-12H2,1-5H3;2*8-9,12,14,16-17,21H,5-7,10-11H2,1-4H3/i1D3,2D3,5D3,6D2,7D2,8D,9D,10D2,11D2,14D,16D,17D;2*1D3,2D3,6D2,7D2,8D,9D,10D2,11D2,14D,16D,17D;4D3,5D2,6D2,8D,9D,10D2,14D,16D,17D;5D2,6D2,8D,9D,10D2,14D,16D,17D. The third-order valence-corrected chi connectivity index (χ3v) is 17.5. The van der Waals surface area contributed by atoms with E-state index in [2.05, 4.69) is 0 Å². The molecule has 5 N–H and O–H groups in total.